The number of nitrogens with one attached hydrogen (secondary N) is 3. The zero-order chi connectivity index (χ0) is 18.6. The second-order valence-electron chi connectivity index (χ2n) is 6.28. The molecule has 27 heavy (non-hydrogen) atoms. The molecule has 0 saturated carbocycles. The van der Waals surface area contributed by atoms with Gasteiger partial charge in [0.25, 0.3) is 0 Å². The second kappa shape index (κ2) is 7.25. The van der Waals surface area contributed by atoms with Crippen molar-refractivity contribution >= 4 is 17.3 Å². The Labute approximate surface area is 156 Å². The average Bonchev–Trinajstić information content (AvgIpc) is 3.31. The van der Waals surface area contributed by atoms with Crippen LogP contribution in [-0.4, -0.2) is 24.9 Å². The number of benzene rings is 2. The van der Waals surface area contributed by atoms with E-state index in [1.807, 2.05) is 60.2 Å². The maximum atomic E-state index is 9.32. The number of imidazole rings is 1. The van der Waals surface area contributed by atoms with Gasteiger partial charge in [-0.25, -0.2) is 4.98 Å². The fourth-order valence-electron chi connectivity index (χ4n) is 2.72. The van der Waals surface area contributed by atoms with Crippen LogP contribution in [0.4, 0.5) is 17.3 Å². The molecule has 0 spiro atoms. The highest BCUT2D eigenvalue weighted by atomic mass is 16.3. The summed E-state index contributed by atoms with van der Waals surface area (Å²) < 4.78 is 1.99. The predicted molar refractivity (Wildman–Crippen MR) is 106 cm³/mol. The van der Waals surface area contributed by atoms with E-state index in [1.165, 1.54) is 0 Å². The highest BCUT2D eigenvalue weighted by Crippen LogP contribution is 2.20. The van der Waals surface area contributed by atoms with Gasteiger partial charge in [0.2, 0.25) is 0 Å². The van der Waals surface area contributed by atoms with Gasteiger partial charge in [0, 0.05) is 30.2 Å². The van der Waals surface area contributed by atoms with Gasteiger partial charge >= 0.3 is 0 Å². The van der Waals surface area contributed by atoms with Gasteiger partial charge in [0.1, 0.15) is 17.4 Å². The topological polar surface area (TPSA) is 90.8 Å². The molecule has 0 fully saturated rings. The lowest BCUT2D eigenvalue weighted by atomic mass is 10.2. The fourth-order valence-corrected chi connectivity index (χ4v) is 2.72. The molecule has 0 saturated heterocycles. The summed E-state index contributed by atoms with van der Waals surface area (Å²) in [6.07, 6.45) is 3.79. The van der Waals surface area contributed by atoms with Crippen LogP contribution in [0.5, 0.6) is 5.75 Å². The maximum Gasteiger partial charge on any atom is 0.150 e. The van der Waals surface area contributed by atoms with Crippen LogP contribution in [0.1, 0.15) is 11.3 Å². The van der Waals surface area contributed by atoms with Crippen LogP contribution in [0.3, 0.4) is 0 Å². The third kappa shape index (κ3) is 4.09. The molecular weight excluding hydrogens is 340 g/mol. The monoisotopic (exact) mass is 360 g/mol. The lowest BCUT2D eigenvalue weighted by molar-refractivity contribution is 0.475. The van der Waals surface area contributed by atoms with E-state index in [0.29, 0.717) is 6.54 Å². The molecule has 0 amide bonds. The van der Waals surface area contributed by atoms with Gasteiger partial charge < -0.3 is 20.3 Å². The molecule has 0 atom stereocenters. The van der Waals surface area contributed by atoms with Gasteiger partial charge in [0.05, 0.1) is 12.0 Å². The van der Waals surface area contributed by atoms with Gasteiger partial charge in [-0.15, -0.1) is 0 Å². The number of hydrogen-bond acceptors (Lipinski definition) is 5. The molecular formula is C20H20N6O. The summed E-state index contributed by atoms with van der Waals surface area (Å²) in [6, 6.07) is 17.1. The number of phenolic OH excluding ortho intramolecular Hbond substituents is 1. The Bertz CT molecular complexity index is 1020. The number of rotatable bonds is 6. The maximum absolute atomic E-state index is 9.32. The van der Waals surface area contributed by atoms with Crippen molar-refractivity contribution in [2.45, 2.75) is 13.5 Å². The Morgan fingerprint density at radius 2 is 1.85 bits per heavy atom. The Balaban J connectivity index is 1.36. The summed E-state index contributed by atoms with van der Waals surface area (Å²) >= 11 is 0. The number of aromatic nitrogens is 4. The molecule has 0 bridgehead atoms. The van der Waals surface area contributed by atoms with Crippen LogP contribution in [0.25, 0.3) is 5.69 Å². The van der Waals surface area contributed by atoms with Crippen molar-refractivity contribution in [3.05, 3.63) is 78.4 Å². The van der Waals surface area contributed by atoms with Crippen LogP contribution >= 0.6 is 0 Å². The molecule has 2 heterocycles. The molecule has 2 aromatic carbocycles. The van der Waals surface area contributed by atoms with Crippen LogP contribution in [0, 0.1) is 6.92 Å². The lowest BCUT2D eigenvalue weighted by Gasteiger charge is -2.06. The van der Waals surface area contributed by atoms with Gasteiger partial charge in [-0.1, -0.05) is 12.1 Å². The molecule has 0 radical (unpaired) electrons. The van der Waals surface area contributed by atoms with E-state index in [2.05, 4.69) is 25.8 Å². The van der Waals surface area contributed by atoms with Crippen molar-refractivity contribution < 1.29 is 5.11 Å². The van der Waals surface area contributed by atoms with Gasteiger partial charge in [-0.3, -0.25) is 5.10 Å². The number of H-pyrrole nitrogens is 1. The third-order valence-corrected chi connectivity index (χ3v) is 4.14. The van der Waals surface area contributed by atoms with Crippen LogP contribution in [0.2, 0.25) is 0 Å². The number of aromatic amines is 1. The van der Waals surface area contributed by atoms with Crippen molar-refractivity contribution in [1.82, 2.24) is 19.7 Å². The lowest BCUT2D eigenvalue weighted by Crippen LogP contribution is -1.99. The molecule has 4 rings (SSSR count). The predicted octanol–water partition coefficient (Wildman–Crippen LogP) is 3.97. The number of phenols is 1. The van der Waals surface area contributed by atoms with Crippen LogP contribution < -0.4 is 10.6 Å². The molecule has 7 nitrogen and oxygen atoms in total. The van der Waals surface area contributed by atoms with Crippen molar-refractivity contribution in [2.24, 2.45) is 0 Å². The fraction of sp³-hybridized carbons (Fsp3) is 0.100. The first kappa shape index (κ1) is 16.7. The van der Waals surface area contributed by atoms with Crippen molar-refractivity contribution in [3.8, 4) is 11.4 Å². The van der Waals surface area contributed by atoms with Crippen LogP contribution in [0.15, 0.2) is 67.1 Å². The number of nitrogens with zero attached hydrogens (tertiary/aromatic N) is 3. The van der Waals surface area contributed by atoms with E-state index in [1.54, 1.807) is 18.5 Å². The Hall–Kier alpha value is -3.74. The first-order valence-electron chi connectivity index (χ1n) is 8.61. The molecule has 4 aromatic rings. The molecule has 2 aromatic heterocycles. The SMILES string of the molecule is Cc1cn(-c2ccc(Nc3cc(NCc4ccc(O)cc4)n[nH]3)cc2)cn1. The Morgan fingerprint density at radius 1 is 1.07 bits per heavy atom. The molecule has 4 N–H and O–H groups in total. The summed E-state index contributed by atoms with van der Waals surface area (Å²) in [6.45, 7) is 2.60. The zero-order valence-corrected chi connectivity index (χ0v) is 14.8. The Morgan fingerprint density at radius 3 is 2.56 bits per heavy atom. The van der Waals surface area contributed by atoms with E-state index in [9.17, 15) is 5.11 Å². The van der Waals surface area contributed by atoms with E-state index in [4.69, 9.17) is 0 Å². The number of aromatic hydroxyl groups is 1. The average molecular weight is 360 g/mol. The van der Waals surface area contributed by atoms with E-state index in [-0.39, 0.29) is 5.75 Å². The second-order valence-corrected chi connectivity index (χ2v) is 6.28. The molecule has 136 valence electrons. The molecule has 7 heteroatoms. The minimum Gasteiger partial charge on any atom is -0.508 e. The van der Waals surface area contributed by atoms with Crippen molar-refractivity contribution in [1.29, 1.82) is 0 Å². The quantitative estimate of drug-likeness (QED) is 0.418. The highest BCUT2D eigenvalue weighted by molar-refractivity contribution is 5.60. The Kier molecular flexibility index (Phi) is 4.49. The minimum absolute atomic E-state index is 0.263. The van der Waals surface area contributed by atoms with Gasteiger partial charge in [-0.2, -0.15) is 5.10 Å². The van der Waals surface area contributed by atoms with Crippen molar-refractivity contribution in [2.75, 3.05) is 10.6 Å². The zero-order valence-electron chi connectivity index (χ0n) is 14.8. The summed E-state index contributed by atoms with van der Waals surface area (Å²) in [4.78, 5) is 4.24. The third-order valence-electron chi connectivity index (χ3n) is 4.14. The first-order chi connectivity index (χ1) is 13.2. The largest absolute Gasteiger partial charge is 0.508 e. The van der Waals surface area contributed by atoms with E-state index in [0.717, 1.165) is 34.3 Å². The smallest absolute Gasteiger partial charge is 0.150 e. The van der Waals surface area contributed by atoms with Gasteiger partial charge in [-0.05, 0) is 48.9 Å². The summed E-state index contributed by atoms with van der Waals surface area (Å²) in [7, 11) is 0. The normalized spacial score (nSPS) is 10.7. The number of hydrogen-bond donors (Lipinski definition) is 4. The molecule has 0 aliphatic carbocycles. The van der Waals surface area contributed by atoms with Crippen molar-refractivity contribution in [3.63, 3.8) is 0 Å². The van der Waals surface area contributed by atoms with E-state index < -0.39 is 0 Å². The van der Waals surface area contributed by atoms with Gasteiger partial charge in [0.15, 0.2) is 0 Å². The summed E-state index contributed by atoms with van der Waals surface area (Å²) in [5.41, 5.74) is 4.07. The molecule has 0 aliphatic rings. The number of aryl methyl sites for hydroxylation is 1. The highest BCUT2D eigenvalue weighted by Gasteiger charge is 2.03. The van der Waals surface area contributed by atoms with E-state index >= 15 is 0 Å². The standard InChI is InChI=1S/C20H20N6O/c1-14-12-26(13-22-14)17-6-4-16(5-7-17)23-20-10-19(24-25-20)21-11-15-2-8-18(27)9-3-15/h2-10,12-13,27H,11H2,1H3,(H3,21,23,24,25). The first-order valence-corrected chi connectivity index (χ1v) is 8.61. The molecule has 0 aliphatic heterocycles. The molecule has 0 unspecified atom stereocenters. The summed E-state index contributed by atoms with van der Waals surface area (Å²) in [5.74, 6) is 1.81. The minimum atomic E-state index is 0.263. The van der Waals surface area contributed by atoms with Crippen LogP contribution in [-0.2, 0) is 6.54 Å². The summed E-state index contributed by atoms with van der Waals surface area (Å²) in [5, 5.41) is 23.1. The number of anilines is 3.